The summed E-state index contributed by atoms with van der Waals surface area (Å²) in [5.41, 5.74) is 1.87. The van der Waals surface area contributed by atoms with Crippen molar-refractivity contribution < 1.29 is 14.7 Å². The predicted molar refractivity (Wildman–Crippen MR) is 79.6 cm³/mol. The van der Waals surface area contributed by atoms with Crippen LogP contribution >= 0.6 is 0 Å². The van der Waals surface area contributed by atoms with Gasteiger partial charge in [0.15, 0.2) is 0 Å². The summed E-state index contributed by atoms with van der Waals surface area (Å²) in [7, 11) is 0. The SMILES string of the molecule is CC(C)C(C)C(=O)Nc1ccc(CCCC(=O)O)cc1. The third-order valence-corrected chi connectivity index (χ3v) is 3.49. The molecule has 0 aliphatic rings. The van der Waals surface area contributed by atoms with Crippen molar-refractivity contribution in [2.45, 2.75) is 40.0 Å². The second kappa shape index (κ2) is 7.68. The summed E-state index contributed by atoms with van der Waals surface area (Å²) in [5, 5.41) is 11.5. The lowest BCUT2D eigenvalue weighted by Crippen LogP contribution is -2.24. The van der Waals surface area contributed by atoms with Gasteiger partial charge >= 0.3 is 5.97 Å². The fourth-order valence-electron chi connectivity index (χ4n) is 1.76. The molecule has 0 fully saturated rings. The van der Waals surface area contributed by atoms with Crippen LogP contribution in [0.1, 0.15) is 39.2 Å². The van der Waals surface area contributed by atoms with E-state index in [9.17, 15) is 9.59 Å². The second-order valence-corrected chi connectivity index (χ2v) is 5.47. The molecule has 1 atom stereocenters. The number of carbonyl (C=O) groups is 2. The summed E-state index contributed by atoms with van der Waals surface area (Å²) in [6.45, 7) is 5.96. The third kappa shape index (κ3) is 5.43. The van der Waals surface area contributed by atoms with E-state index in [0.717, 1.165) is 17.7 Å². The molecule has 110 valence electrons. The van der Waals surface area contributed by atoms with Crippen molar-refractivity contribution in [2.75, 3.05) is 5.32 Å². The molecule has 0 heterocycles. The highest BCUT2D eigenvalue weighted by Gasteiger charge is 2.16. The average Bonchev–Trinajstić information content (AvgIpc) is 2.39. The fourth-order valence-corrected chi connectivity index (χ4v) is 1.76. The predicted octanol–water partition coefficient (Wildman–Crippen LogP) is 3.32. The van der Waals surface area contributed by atoms with Crippen molar-refractivity contribution in [1.82, 2.24) is 0 Å². The number of anilines is 1. The van der Waals surface area contributed by atoms with Gasteiger partial charge in [0.1, 0.15) is 0 Å². The first-order valence-electron chi connectivity index (χ1n) is 7.01. The molecule has 0 spiro atoms. The zero-order chi connectivity index (χ0) is 15.1. The number of hydrogen-bond donors (Lipinski definition) is 2. The van der Waals surface area contributed by atoms with Gasteiger partial charge in [-0.3, -0.25) is 9.59 Å². The zero-order valence-electron chi connectivity index (χ0n) is 12.3. The molecule has 1 aromatic carbocycles. The third-order valence-electron chi connectivity index (χ3n) is 3.49. The van der Waals surface area contributed by atoms with E-state index in [4.69, 9.17) is 5.11 Å². The second-order valence-electron chi connectivity index (χ2n) is 5.47. The van der Waals surface area contributed by atoms with Crippen LogP contribution in [0.15, 0.2) is 24.3 Å². The molecular formula is C16H23NO3. The van der Waals surface area contributed by atoms with Gasteiger partial charge in [0.2, 0.25) is 5.91 Å². The Bertz CT molecular complexity index is 451. The summed E-state index contributed by atoms with van der Waals surface area (Å²) in [6.07, 6.45) is 1.55. The van der Waals surface area contributed by atoms with E-state index >= 15 is 0 Å². The quantitative estimate of drug-likeness (QED) is 0.803. The van der Waals surface area contributed by atoms with Gasteiger partial charge in [-0.25, -0.2) is 0 Å². The van der Waals surface area contributed by atoms with Gasteiger partial charge in [-0.1, -0.05) is 32.9 Å². The maximum Gasteiger partial charge on any atom is 0.303 e. The highest BCUT2D eigenvalue weighted by Crippen LogP contribution is 2.15. The average molecular weight is 277 g/mol. The first-order valence-corrected chi connectivity index (χ1v) is 7.01. The standard InChI is InChI=1S/C16H23NO3/c1-11(2)12(3)16(20)17-14-9-7-13(8-10-14)5-4-6-15(18)19/h7-12H,4-6H2,1-3H3,(H,17,20)(H,18,19). The number of rotatable bonds is 7. The molecule has 0 saturated carbocycles. The number of hydrogen-bond acceptors (Lipinski definition) is 2. The zero-order valence-corrected chi connectivity index (χ0v) is 12.3. The molecule has 0 saturated heterocycles. The number of benzene rings is 1. The number of carboxylic acid groups (broad SMARTS) is 1. The number of amides is 1. The van der Waals surface area contributed by atoms with Gasteiger partial charge in [-0.15, -0.1) is 0 Å². The highest BCUT2D eigenvalue weighted by molar-refractivity contribution is 5.92. The fraction of sp³-hybridized carbons (Fsp3) is 0.500. The van der Waals surface area contributed by atoms with Crippen molar-refractivity contribution >= 4 is 17.6 Å². The van der Waals surface area contributed by atoms with E-state index < -0.39 is 5.97 Å². The molecule has 2 N–H and O–H groups in total. The summed E-state index contributed by atoms with van der Waals surface area (Å²) in [6, 6.07) is 7.58. The topological polar surface area (TPSA) is 66.4 Å². The molecule has 1 aromatic rings. The van der Waals surface area contributed by atoms with Crippen molar-refractivity contribution in [3.05, 3.63) is 29.8 Å². The Balaban J connectivity index is 2.50. The van der Waals surface area contributed by atoms with E-state index in [1.807, 2.05) is 45.0 Å². The molecule has 1 unspecified atom stereocenters. The van der Waals surface area contributed by atoms with Crippen LogP contribution in [0.25, 0.3) is 0 Å². The molecule has 0 radical (unpaired) electrons. The Morgan fingerprint density at radius 3 is 2.25 bits per heavy atom. The molecule has 0 aromatic heterocycles. The molecule has 0 bridgehead atoms. The van der Waals surface area contributed by atoms with Crippen molar-refractivity contribution in [2.24, 2.45) is 11.8 Å². The Labute approximate surface area is 120 Å². The van der Waals surface area contributed by atoms with Crippen LogP contribution in [-0.2, 0) is 16.0 Å². The summed E-state index contributed by atoms with van der Waals surface area (Å²) in [5.74, 6) is -0.453. The number of carbonyl (C=O) groups excluding carboxylic acids is 1. The van der Waals surface area contributed by atoms with Crippen molar-refractivity contribution in [1.29, 1.82) is 0 Å². The smallest absolute Gasteiger partial charge is 0.303 e. The van der Waals surface area contributed by atoms with Gasteiger partial charge in [0.05, 0.1) is 0 Å². The Morgan fingerprint density at radius 2 is 1.75 bits per heavy atom. The van der Waals surface area contributed by atoms with E-state index in [2.05, 4.69) is 5.32 Å². The van der Waals surface area contributed by atoms with Crippen LogP contribution in [0.2, 0.25) is 0 Å². The van der Waals surface area contributed by atoms with E-state index in [1.165, 1.54) is 0 Å². The number of aliphatic carboxylic acids is 1. The molecule has 20 heavy (non-hydrogen) atoms. The van der Waals surface area contributed by atoms with Crippen LogP contribution in [0.4, 0.5) is 5.69 Å². The molecule has 1 amide bonds. The number of carboxylic acids is 1. The van der Waals surface area contributed by atoms with E-state index in [0.29, 0.717) is 12.3 Å². The van der Waals surface area contributed by atoms with Crippen LogP contribution < -0.4 is 5.32 Å². The molecule has 4 heteroatoms. The lowest BCUT2D eigenvalue weighted by molar-refractivity contribution is -0.137. The highest BCUT2D eigenvalue weighted by atomic mass is 16.4. The minimum Gasteiger partial charge on any atom is -0.481 e. The first-order chi connectivity index (χ1) is 9.40. The van der Waals surface area contributed by atoms with Crippen molar-refractivity contribution in [3.63, 3.8) is 0 Å². The maximum absolute atomic E-state index is 11.9. The summed E-state index contributed by atoms with van der Waals surface area (Å²) in [4.78, 5) is 22.3. The summed E-state index contributed by atoms with van der Waals surface area (Å²) < 4.78 is 0. The van der Waals surface area contributed by atoms with Gasteiger partial charge in [0.25, 0.3) is 0 Å². The van der Waals surface area contributed by atoms with Gasteiger partial charge in [-0.2, -0.15) is 0 Å². The lowest BCUT2D eigenvalue weighted by atomic mass is 9.97. The minimum absolute atomic E-state index is 0.0229. The minimum atomic E-state index is -0.767. The number of aryl methyl sites for hydroxylation is 1. The monoisotopic (exact) mass is 277 g/mol. The van der Waals surface area contributed by atoms with E-state index in [1.54, 1.807) is 0 Å². The number of nitrogens with one attached hydrogen (secondary N) is 1. The van der Waals surface area contributed by atoms with Crippen LogP contribution in [0.5, 0.6) is 0 Å². The first kappa shape index (κ1) is 16.2. The van der Waals surface area contributed by atoms with Crippen LogP contribution in [0, 0.1) is 11.8 Å². The lowest BCUT2D eigenvalue weighted by Gasteiger charge is -2.15. The summed E-state index contributed by atoms with van der Waals surface area (Å²) >= 11 is 0. The largest absolute Gasteiger partial charge is 0.481 e. The van der Waals surface area contributed by atoms with Crippen molar-refractivity contribution in [3.8, 4) is 0 Å². The Hall–Kier alpha value is -1.84. The Kier molecular flexibility index (Phi) is 6.22. The van der Waals surface area contributed by atoms with Gasteiger partial charge < -0.3 is 10.4 Å². The van der Waals surface area contributed by atoms with Crippen LogP contribution in [0.3, 0.4) is 0 Å². The van der Waals surface area contributed by atoms with Gasteiger partial charge in [-0.05, 0) is 36.5 Å². The van der Waals surface area contributed by atoms with Gasteiger partial charge in [0, 0.05) is 18.0 Å². The maximum atomic E-state index is 11.9. The van der Waals surface area contributed by atoms with E-state index in [-0.39, 0.29) is 18.2 Å². The normalized spacial score (nSPS) is 12.2. The molecule has 0 aliphatic heterocycles. The Morgan fingerprint density at radius 1 is 1.15 bits per heavy atom. The molecular weight excluding hydrogens is 254 g/mol. The van der Waals surface area contributed by atoms with Crippen LogP contribution in [-0.4, -0.2) is 17.0 Å². The molecule has 1 rings (SSSR count). The molecule has 0 aliphatic carbocycles. The molecule has 4 nitrogen and oxygen atoms in total.